The number of anilines is 1. The Labute approximate surface area is 174 Å². The molecule has 0 saturated carbocycles. The van der Waals surface area contributed by atoms with Gasteiger partial charge in [0.15, 0.2) is 0 Å². The van der Waals surface area contributed by atoms with Gasteiger partial charge >= 0.3 is 0 Å². The number of fused-ring (bicyclic) bond motifs is 2. The number of carbonyl (C=O) groups is 1. The molecule has 4 rings (SSSR count). The zero-order chi connectivity index (χ0) is 20.4. The summed E-state index contributed by atoms with van der Waals surface area (Å²) in [6.45, 7) is 3.05. The molecule has 1 aliphatic carbocycles. The first kappa shape index (κ1) is 19.8. The summed E-state index contributed by atoms with van der Waals surface area (Å²) in [7, 11) is 3.44. The first-order chi connectivity index (χ1) is 14.1. The third kappa shape index (κ3) is 3.84. The molecular formula is C22H26N4O2S. The van der Waals surface area contributed by atoms with E-state index in [4.69, 9.17) is 4.74 Å². The van der Waals surface area contributed by atoms with E-state index in [1.165, 1.54) is 22.5 Å². The second-order valence-electron chi connectivity index (χ2n) is 7.47. The zero-order valence-corrected chi connectivity index (χ0v) is 17.9. The molecule has 0 radical (unpaired) electrons. The van der Waals surface area contributed by atoms with E-state index in [0.717, 1.165) is 40.9 Å². The number of benzene rings is 1. The highest BCUT2D eigenvalue weighted by atomic mass is 32.1. The van der Waals surface area contributed by atoms with E-state index in [1.807, 2.05) is 6.92 Å². The number of aryl methyl sites for hydroxylation is 2. The van der Waals surface area contributed by atoms with Gasteiger partial charge in [-0.1, -0.05) is 24.3 Å². The Morgan fingerprint density at radius 3 is 3.00 bits per heavy atom. The number of rotatable bonds is 6. The van der Waals surface area contributed by atoms with Crippen molar-refractivity contribution < 1.29 is 9.53 Å². The number of hydrogen-bond acceptors (Lipinski definition) is 6. The number of hydrogen-bond donors (Lipinski definition) is 1. The second-order valence-corrected chi connectivity index (χ2v) is 8.47. The predicted octanol–water partition coefficient (Wildman–Crippen LogP) is 4.21. The zero-order valence-electron chi connectivity index (χ0n) is 17.1. The maximum absolute atomic E-state index is 12.9. The number of methoxy groups -OCH3 is 1. The number of ether oxygens (including phenoxy) is 1. The third-order valence-electron chi connectivity index (χ3n) is 5.58. The van der Waals surface area contributed by atoms with Crippen LogP contribution in [-0.4, -0.2) is 48.1 Å². The van der Waals surface area contributed by atoms with Crippen molar-refractivity contribution in [1.29, 1.82) is 0 Å². The summed E-state index contributed by atoms with van der Waals surface area (Å²) in [5.41, 5.74) is 3.68. The van der Waals surface area contributed by atoms with Gasteiger partial charge in [0, 0.05) is 20.7 Å². The van der Waals surface area contributed by atoms with Crippen molar-refractivity contribution >= 4 is 33.3 Å². The first-order valence-electron chi connectivity index (χ1n) is 9.93. The molecule has 1 aromatic carbocycles. The van der Waals surface area contributed by atoms with Gasteiger partial charge in [-0.15, -0.1) is 11.3 Å². The van der Waals surface area contributed by atoms with E-state index in [-0.39, 0.29) is 11.9 Å². The van der Waals surface area contributed by atoms with E-state index < -0.39 is 0 Å². The van der Waals surface area contributed by atoms with Crippen LogP contribution in [0.3, 0.4) is 0 Å². The van der Waals surface area contributed by atoms with Crippen molar-refractivity contribution in [2.75, 3.05) is 32.6 Å². The predicted molar refractivity (Wildman–Crippen MR) is 117 cm³/mol. The fourth-order valence-corrected chi connectivity index (χ4v) is 5.10. The number of nitrogens with one attached hydrogen (secondary N) is 1. The van der Waals surface area contributed by atoms with Crippen LogP contribution in [0.25, 0.3) is 10.2 Å². The Hall–Kier alpha value is -2.51. The van der Waals surface area contributed by atoms with Gasteiger partial charge in [-0.3, -0.25) is 4.79 Å². The van der Waals surface area contributed by atoms with Gasteiger partial charge in [0.1, 0.15) is 17.0 Å². The Morgan fingerprint density at radius 1 is 1.34 bits per heavy atom. The smallest absolute Gasteiger partial charge is 0.264 e. The average Bonchev–Trinajstić information content (AvgIpc) is 3.09. The molecule has 0 fully saturated rings. The van der Waals surface area contributed by atoms with E-state index in [1.54, 1.807) is 25.4 Å². The molecule has 6 nitrogen and oxygen atoms in total. The van der Waals surface area contributed by atoms with Crippen LogP contribution in [0.4, 0.5) is 5.82 Å². The van der Waals surface area contributed by atoms with Crippen molar-refractivity contribution in [3.63, 3.8) is 0 Å². The Kier molecular flexibility index (Phi) is 5.78. The third-order valence-corrected chi connectivity index (χ3v) is 6.77. The minimum Gasteiger partial charge on any atom is -0.383 e. The second kappa shape index (κ2) is 8.47. The molecule has 1 N–H and O–H groups in total. The van der Waals surface area contributed by atoms with E-state index >= 15 is 0 Å². The molecule has 0 aliphatic heterocycles. The first-order valence-corrected chi connectivity index (χ1v) is 10.7. The molecule has 29 heavy (non-hydrogen) atoms. The van der Waals surface area contributed by atoms with Crippen molar-refractivity contribution in [2.45, 2.75) is 32.2 Å². The van der Waals surface area contributed by atoms with Crippen LogP contribution >= 0.6 is 11.3 Å². The Balaban J connectivity index is 1.67. The van der Waals surface area contributed by atoms with Crippen LogP contribution in [0, 0.1) is 6.92 Å². The van der Waals surface area contributed by atoms with Gasteiger partial charge in [-0.05, 0) is 42.9 Å². The largest absolute Gasteiger partial charge is 0.383 e. The number of aromatic nitrogens is 2. The number of amides is 1. The quantitative estimate of drug-likeness (QED) is 0.659. The summed E-state index contributed by atoms with van der Waals surface area (Å²) in [6, 6.07) is 8.83. The van der Waals surface area contributed by atoms with E-state index in [9.17, 15) is 4.79 Å². The highest BCUT2D eigenvalue weighted by Gasteiger charge is 2.24. The van der Waals surface area contributed by atoms with E-state index in [0.29, 0.717) is 18.0 Å². The highest BCUT2D eigenvalue weighted by Crippen LogP contribution is 2.37. The lowest BCUT2D eigenvalue weighted by Gasteiger charge is -2.27. The van der Waals surface area contributed by atoms with Crippen molar-refractivity contribution in [1.82, 2.24) is 14.9 Å². The number of thiophene rings is 1. The highest BCUT2D eigenvalue weighted by molar-refractivity contribution is 7.20. The van der Waals surface area contributed by atoms with Crippen molar-refractivity contribution in [2.24, 2.45) is 0 Å². The van der Waals surface area contributed by atoms with Crippen LogP contribution in [-0.2, 0) is 11.2 Å². The monoisotopic (exact) mass is 410 g/mol. The summed E-state index contributed by atoms with van der Waals surface area (Å²) in [4.78, 5) is 25.1. The lowest BCUT2D eigenvalue weighted by Crippen LogP contribution is -2.29. The van der Waals surface area contributed by atoms with Gasteiger partial charge < -0.3 is 15.0 Å². The number of nitrogens with zero attached hydrogens (tertiary/aromatic N) is 3. The molecule has 0 unspecified atom stereocenters. The molecule has 7 heteroatoms. The minimum atomic E-state index is -0.00323. The molecular weight excluding hydrogens is 384 g/mol. The molecule has 3 aromatic rings. The molecule has 2 aromatic heterocycles. The van der Waals surface area contributed by atoms with Crippen LogP contribution < -0.4 is 5.32 Å². The van der Waals surface area contributed by atoms with Crippen LogP contribution in [0.5, 0.6) is 0 Å². The molecule has 1 aliphatic rings. The fraction of sp³-hybridized carbons (Fsp3) is 0.409. The van der Waals surface area contributed by atoms with Crippen molar-refractivity contribution in [3.8, 4) is 0 Å². The maximum Gasteiger partial charge on any atom is 0.264 e. The average molecular weight is 411 g/mol. The molecule has 0 spiro atoms. The molecule has 152 valence electrons. The lowest BCUT2D eigenvalue weighted by molar-refractivity contribution is 0.0748. The minimum absolute atomic E-state index is 0.00323. The molecule has 1 atom stereocenters. The summed E-state index contributed by atoms with van der Waals surface area (Å²) in [5, 5.41) is 4.60. The molecule has 2 heterocycles. The Morgan fingerprint density at radius 2 is 2.17 bits per heavy atom. The topological polar surface area (TPSA) is 67.3 Å². The standard InChI is InChI=1S/C22H26N4O2S/c1-14-18-20(25-17-10-6-8-15-7-4-5-9-16(15)17)23-13-24-21(18)29-19(14)22(27)26(2)11-12-28-3/h4-5,7,9,13,17H,6,8,10-12H2,1-3H3,(H,23,24,25)/t17-/m1/s1. The summed E-state index contributed by atoms with van der Waals surface area (Å²) < 4.78 is 5.10. The fourth-order valence-electron chi connectivity index (χ4n) is 3.96. The molecule has 0 saturated heterocycles. The van der Waals surface area contributed by atoms with E-state index in [2.05, 4.69) is 39.6 Å². The van der Waals surface area contributed by atoms with Gasteiger partial charge in [0.25, 0.3) is 5.91 Å². The van der Waals surface area contributed by atoms with Gasteiger partial charge in [-0.25, -0.2) is 9.97 Å². The normalized spacial score (nSPS) is 15.9. The van der Waals surface area contributed by atoms with Crippen LogP contribution in [0.1, 0.15) is 45.2 Å². The van der Waals surface area contributed by atoms with Crippen LogP contribution in [0.15, 0.2) is 30.6 Å². The van der Waals surface area contributed by atoms with Crippen LogP contribution in [0.2, 0.25) is 0 Å². The number of carbonyl (C=O) groups excluding carboxylic acids is 1. The summed E-state index contributed by atoms with van der Waals surface area (Å²) in [5.74, 6) is 0.806. The molecule has 0 bridgehead atoms. The maximum atomic E-state index is 12.9. The molecule has 1 amide bonds. The van der Waals surface area contributed by atoms with Gasteiger partial charge in [0.05, 0.1) is 22.9 Å². The Bertz CT molecular complexity index is 1030. The SMILES string of the molecule is COCCN(C)C(=O)c1sc2ncnc(N[C@@H]3CCCc4ccccc43)c2c1C. The number of likely N-dealkylation sites (N-methyl/N-ethyl adjacent to an activating group) is 1. The summed E-state index contributed by atoms with van der Waals surface area (Å²) in [6.07, 6.45) is 4.92. The lowest BCUT2D eigenvalue weighted by atomic mass is 9.87. The van der Waals surface area contributed by atoms with Gasteiger partial charge in [-0.2, -0.15) is 0 Å². The summed E-state index contributed by atoms with van der Waals surface area (Å²) >= 11 is 1.43. The van der Waals surface area contributed by atoms with Crippen molar-refractivity contribution in [3.05, 3.63) is 52.2 Å². The van der Waals surface area contributed by atoms with Gasteiger partial charge in [0.2, 0.25) is 0 Å².